The molecular formula is C15H26N2. The predicted molar refractivity (Wildman–Crippen MR) is 74.1 cm³/mol. The third-order valence-electron chi connectivity index (χ3n) is 3.33. The first-order chi connectivity index (χ1) is 8.00. The summed E-state index contributed by atoms with van der Waals surface area (Å²) in [6, 6.07) is 4.80. The van der Waals surface area contributed by atoms with Crippen LogP contribution in [0, 0.1) is 18.8 Å². The lowest BCUT2D eigenvalue weighted by Gasteiger charge is -2.23. The van der Waals surface area contributed by atoms with E-state index in [-0.39, 0.29) is 0 Å². The molecule has 0 saturated carbocycles. The van der Waals surface area contributed by atoms with Gasteiger partial charge in [-0.05, 0) is 43.4 Å². The standard InChI is InChI=1S/C15H26N2/c1-11(2)15(10-17-12(3)4)9-14-7-6-8-16-13(14)5/h6-8,11-12,15,17H,9-10H2,1-5H3. The number of hydrogen-bond acceptors (Lipinski definition) is 2. The number of rotatable bonds is 6. The van der Waals surface area contributed by atoms with E-state index in [0.717, 1.165) is 13.0 Å². The van der Waals surface area contributed by atoms with Gasteiger partial charge in [0.05, 0.1) is 0 Å². The Morgan fingerprint density at radius 2 is 1.94 bits per heavy atom. The average molecular weight is 234 g/mol. The van der Waals surface area contributed by atoms with Gasteiger partial charge in [0.25, 0.3) is 0 Å². The van der Waals surface area contributed by atoms with Crippen LogP contribution in [0.25, 0.3) is 0 Å². The summed E-state index contributed by atoms with van der Waals surface area (Å²) < 4.78 is 0. The monoisotopic (exact) mass is 234 g/mol. The quantitative estimate of drug-likeness (QED) is 0.817. The van der Waals surface area contributed by atoms with Crippen molar-refractivity contribution < 1.29 is 0 Å². The van der Waals surface area contributed by atoms with Gasteiger partial charge >= 0.3 is 0 Å². The molecule has 0 saturated heterocycles. The second kappa shape index (κ2) is 6.75. The lowest BCUT2D eigenvalue weighted by atomic mass is 9.88. The van der Waals surface area contributed by atoms with Crippen LogP contribution in [-0.4, -0.2) is 17.6 Å². The molecule has 0 radical (unpaired) electrons. The van der Waals surface area contributed by atoms with E-state index >= 15 is 0 Å². The maximum Gasteiger partial charge on any atom is 0.0404 e. The summed E-state index contributed by atoms with van der Waals surface area (Å²) >= 11 is 0. The Kier molecular flexibility index (Phi) is 5.63. The highest BCUT2D eigenvalue weighted by Gasteiger charge is 2.15. The molecule has 1 heterocycles. The molecule has 0 aliphatic rings. The SMILES string of the molecule is Cc1ncccc1CC(CNC(C)C)C(C)C. The summed E-state index contributed by atoms with van der Waals surface area (Å²) in [7, 11) is 0. The molecule has 0 aliphatic heterocycles. The van der Waals surface area contributed by atoms with Crippen LogP contribution in [0.15, 0.2) is 18.3 Å². The van der Waals surface area contributed by atoms with Crippen molar-refractivity contribution in [2.24, 2.45) is 11.8 Å². The first kappa shape index (κ1) is 14.2. The molecule has 0 aromatic carbocycles. The highest BCUT2D eigenvalue weighted by molar-refractivity contribution is 5.19. The van der Waals surface area contributed by atoms with Gasteiger partial charge in [0.1, 0.15) is 0 Å². The third kappa shape index (κ3) is 4.86. The zero-order valence-electron chi connectivity index (χ0n) is 11.8. The molecule has 1 rings (SSSR count). The van der Waals surface area contributed by atoms with Crippen LogP contribution in [0.4, 0.5) is 0 Å². The van der Waals surface area contributed by atoms with Gasteiger partial charge < -0.3 is 5.32 Å². The topological polar surface area (TPSA) is 24.9 Å². The summed E-state index contributed by atoms with van der Waals surface area (Å²) in [4.78, 5) is 4.37. The van der Waals surface area contributed by atoms with Crippen LogP contribution in [0.5, 0.6) is 0 Å². The number of aryl methyl sites for hydroxylation is 1. The fourth-order valence-electron chi connectivity index (χ4n) is 1.95. The lowest BCUT2D eigenvalue weighted by Crippen LogP contribution is -2.32. The van der Waals surface area contributed by atoms with Gasteiger partial charge in [-0.3, -0.25) is 4.98 Å². The highest BCUT2D eigenvalue weighted by Crippen LogP contribution is 2.18. The van der Waals surface area contributed by atoms with E-state index in [4.69, 9.17) is 0 Å². The van der Waals surface area contributed by atoms with Gasteiger partial charge in [-0.1, -0.05) is 33.8 Å². The number of nitrogens with one attached hydrogen (secondary N) is 1. The van der Waals surface area contributed by atoms with Crippen LogP contribution in [0.1, 0.15) is 39.0 Å². The minimum atomic E-state index is 0.561. The van der Waals surface area contributed by atoms with Crippen molar-refractivity contribution in [2.75, 3.05) is 6.54 Å². The molecule has 0 fully saturated rings. The van der Waals surface area contributed by atoms with Crippen molar-refractivity contribution in [3.05, 3.63) is 29.6 Å². The Balaban J connectivity index is 2.64. The Morgan fingerprint density at radius 1 is 1.24 bits per heavy atom. The Bertz CT molecular complexity index is 331. The molecular weight excluding hydrogens is 208 g/mol. The van der Waals surface area contributed by atoms with E-state index in [2.05, 4.69) is 51.0 Å². The highest BCUT2D eigenvalue weighted by atomic mass is 14.9. The molecule has 0 amide bonds. The zero-order chi connectivity index (χ0) is 12.8. The molecule has 1 unspecified atom stereocenters. The summed E-state index contributed by atoms with van der Waals surface area (Å²) in [5.74, 6) is 1.38. The first-order valence-corrected chi connectivity index (χ1v) is 6.64. The molecule has 0 spiro atoms. The number of hydrogen-bond donors (Lipinski definition) is 1. The van der Waals surface area contributed by atoms with E-state index in [1.807, 2.05) is 12.3 Å². The molecule has 1 aromatic heterocycles. The van der Waals surface area contributed by atoms with Crippen LogP contribution in [0.2, 0.25) is 0 Å². The number of nitrogens with zero attached hydrogens (tertiary/aromatic N) is 1. The molecule has 0 bridgehead atoms. The van der Waals surface area contributed by atoms with Crippen molar-refractivity contribution in [2.45, 2.75) is 47.1 Å². The smallest absolute Gasteiger partial charge is 0.0404 e. The van der Waals surface area contributed by atoms with Crippen molar-refractivity contribution >= 4 is 0 Å². The van der Waals surface area contributed by atoms with Gasteiger partial charge in [0.2, 0.25) is 0 Å². The van der Waals surface area contributed by atoms with Gasteiger partial charge in [0, 0.05) is 17.9 Å². The summed E-state index contributed by atoms with van der Waals surface area (Å²) in [5.41, 5.74) is 2.56. The van der Waals surface area contributed by atoms with Crippen molar-refractivity contribution in [3.63, 3.8) is 0 Å². The lowest BCUT2D eigenvalue weighted by molar-refractivity contribution is 0.348. The van der Waals surface area contributed by atoms with Crippen molar-refractivity contribution in [1.29, 1.82) is 0 Å². The molecule has 96 valence electrons. The van der Waals surface area contributed by atoms with Gasteiger partial charge in [0.15, 0.2) is 0 Å². The van der Waals surface area contributed by atoms with Gasteiger partial charge in [-0.15, -0.1) is 0 Å². The normalized spacial score (nSPS) is 13.4. The van der Waals surface area contributed by atoms with Crippen molar-refractivity contribution in [3.8, 4) is 0 Å². The largest absolute Gasteiger partial charge is 0.314 e. The van der Waals surface area contributed by atoms with E-state index in [0.29, 0.717) is 17.9 Å². The Hall–Kier alpha value is -0.890. The second-order valence-electron chi connectivity index (χ2n) is 5.52. The number of aromatic nitrogens is 1. The third-order valence-corrected chi connectivity index (χ3v) is 3.33. The minimum Gasteiger partial charge on any atom is -0.314 e. The maximum atomic E-state index is 4.37. The zero-order valence-corrected chi connectivity index (χ0v) is 11.8. The van der Waals surface area contributed by atoms with E-state index in [1.54, 1.807) is 0 Å². The molecule has 1 aromatic rings. The summed E-state index contributed by atoms with van der Waals surface area (Å²) in [5, 5.41) is 3.55. The Labute approximate surface area is 106 Å². The van der Waals surface area contributed by atoms with Gasteiger partial charge in [-0.2, -0.15) is 0 Å². The summed E-state index contributed by atoms with van der Waals surface area (Å²) in [6.45, 7) is 12.2. The minimum absolute atomic E-state index is 0.561. The van der Waals surface area contributed by atoms with Crippen LogP contribution in [-0.2, 0) is 6.42 Å². The van der Waals surface area contributed by atoms with Gasteiger partial charge in [-0.25, -0.2) is 0 Å². The predicted octanol–water partition coefficient (Wildman–Crippen LogP) is 3.20. The van der Waals surface area contributed by atoms with Crippen LogP contribution < -0.4 is 5.32 Å². The fraction of sp³-hybridized carbons (Fsp3) is 0.667. The molecule has 17 heavy (non-hydrogen) atoms. The van der Waals surface area contributed by atoms with E-state index in [1.165, 1.54) is 11.3 Å². The molecule has 2 nitrogen and oxygen atoms in total. The van der Waals surface area contributed by atoms with E-state index < -0.39 is 0 Å². The van der Waals surface area contributed by atoms with Crippen LogP contribution >= 0.6 is 0 Å². The average Bonchev–Trinajstić information content (AvgIpc) is 2.25. The molecule has 1 atom stereocenters. The van der Waals surface area contributed by atoms with E-state index in [9.17, 15) is 0 Å². The fourth-order valence-corrected chi connectivity index (χ4v) is 1.95. The summed E-state index contributed by atoms with van der Waals surface area (Å²) in [6.07, 6.45) is 2.99. The maximum absolute atomic E-state index is 4.37. The molecule has 0 aliphatic carbocycles. The first-order valence-electron chi connectivity index (χ1n) is 6.64. The van der Waals surface area contributed by atoms with Crippen LogP contribution in [0.3, 0.4) is 0 Å². The van der Waals surface area contributed by atoms with Crippen molar-refractivity contribution in [1.82, 2.24) is 10.3 Å². The molecule has 1 N–H and O–H groups in total. The second-order valence-corrected chi connectivity index (χ2v) is 5.52. The number of pyridine rings is 1. The molecule has 2 heteroatoms. The Morgan fingerprint density at radius 3 is 2.47 bits per heavy atom.